The Balaban J connectivity index is 2.46. The van der Waals surface area contributed by atoms with E-state index in [4.69, 9.17) is 4.74 Å². The van der Waals surface area contributed by atoms with Gasteiger partial charge in [-0.25, -0.2) is 0 Å². The van der Waals surface area contributed by atoms with Crippen molar-refractivity contribution >= 4 is 0 Å². The third-order valence-corrected chi connectivity index (χ3v) is 3.58. The molecule has 0 spiro atoms. The van der Waals surface area contributed by atoms with Crippen LogP contribution in [0.5, 0.6) is 5.75 Å². The van der Waals surface area contributed by atoms with Gasteiger partial charge in [0.1, 0.15) is 12.4 Å². The van der Waals surface area contributed by atoms with Crippen LogP contribution in [0.1, 0.15) is 46.4 Å². The minimum atomic E-state index is 0.265. The summed E-state index contributed by atoms with van der Waals surface area (Å²) in [5.74, 6) is 0.838. The Kier molecular flexibility index (Phi) is 6.96. The van der Waals surface area contributed by atoms with E-state index in [-0.39, 0.29) is 6.04 Å². The second-order valence-corrected chi connectivity index (χ2v) is 5.70. The molecule has 0 amide bonds. The van der Waals surface area contributed by atoms with Gasteiger partial charge in [-0.1, -0.05) is 0 Å². The maximum absolute atomic E-state index is 5.78. The minimum absolute atomic E-state index is 0.265. The lowest BCUT2D eigenvalue weighted by Crippen LogP contribution is -2.39. The third-order valence-electron chi connectivity index (χ3n) is 3.58. The predicted octanol–water partition coefficient (Wildman–Crippen LogP) is 2.86. The first kappa shape index (κ1) is 16.9. The van der Waals surface area contributed by atoms with E-state index in [9.17, 15) is 0 Å². The Labute approximate surface area is 123 Å². The highest BCUT2D eigenvalue weighted by molar-refractivity contribution is 5.21. The number of nitrogens with zero attached hydrogens (tertiary/aromatic N) is 2. The summed E-state index contributed by atoms with van der Waals surface area (Å²) in [6.45, 7) is 12.6. The molecule has 1 aromatic heterocycles. The van der Waals surface area contributed by atoms with Gasteiger partial charge in [-0.15, -0.1) is 0 Å². The van der Waals surface area contributed by atoms with E-state index >= 15 is 0 Å². The van der Waals surface area contributed by atoms with Crippen LogP contribution in [0, 0.1) is 0 Å². The summed E-state index contributed by atoms with van der Waals surface area (Å²) in [7, 11) is 1.93. The van der Waals surface area contributed by atoms with Crippen molar-refractivity contribution in [3.63, 3.8) is 0 Å². The first-order chi connectivity index (χ1) is 9.45. The molecule has 1 unspecified atom stereocenters. The Morgan fingerprint density at radius 2 is 1.80 bits per heavy atom. The Morgan fingerprint density at radius 3 is 2.25 bits per heavy atom. The topological polar surface area (TPSA) is 37.4 Å². The average Bonchev–Trinajstić information content (AvgIpc) is 2.42. The molecule has 0 radical (unpaired) electrons. The summed E-state index contributed by atoms with van der Waals surface area (Å²) in [5.41, 5.74) is 1.03. The lowest BCUT2D eigenvalue weighted by molar-refractivity contribution is 0.142. The molecule has 0 saturated heterocycles. The fourth-order valence-electron chi connectivity index (χ4n) is 2.26. The highest BCUT2D eigenvalue weighted by Gasteiger charge is 2.13. The normalized spacial score (nSPS) is 13.2. The zero-order chi connectivity index (χ0) is 15.1. The first-order valence-electron chi connectivity index (χ1n) is 7.47. The maximum atomic E-state index is 5.78. The zero-order valence-corrected chi connectivity index (χ0v) is 13.7. The summed E-state index contributed by atoms with van der Waals surface area (Å²) in [5, 5.41) is 3.17. The van der Waals surface area contributed by atoms with Crippen LogP contribution in [0.4, 0.5) is 0 Å². The Morgan fingerprint density at radius 1 is 1.15 bits per heavy atom. The number of hydrogen-bond donors (Lipinski definition) is 1. The first-order valence-corrected chi connectivity index (χ1v) is 7.47. The lowest BCUT2D eigenvalue weighted by atomic mass is 10.2. The van der Waals surface area contributed by atoms with Crippen molar-refractivity contribution in [3.8, 4) is 5.75 Å². The molecule has 1 N–H and O–H groups in total. The number of nitrogens with one attached hydrogen (secondary N) is 1. The molecular weight excluding hydrogens is 250 g/mol. The van der Waals surface area contributed by atoms with Crippen LogP contribution in [0.2, 0.25) is 0 Å². The number of rotatable bonds is 8. The van der Waals surface area contributed by atoms with Crippen LogP contribution in [-0.2, 0) is 0 Å². The van der Waals surface area contributed by atoms with E-state index in [1.165, 1.54) is 0 Å². The van der Waals surface area contributed by atoms with E-state index in [1.807, 2.05) is 19.2 Å². The molecule has 1 heterocycles. The second kappa shape index (κ2) is 8.22. The van der Waals surface area contributed by atoms with Crippen LogP contribution in [-0.4, -0.2) is 42.2 Å². The van der Waals surface area contributed by atoms with E-state index in [0.717, 1.165) is 18.0 Å². The number of pyridine rings is 1. The fraction of sp³-hybridized carbons (Fsp3) is 0.688. The van der Waals surface area contributed by atoms with Crippen LogP contribution >= 0.6 is 0 Å². The highest BCUT2D eigenvalue weighted by atomic mass is 16.5. The molecule has 0 fully saturated rings. The number of ether oxygens (including phenoxy) is 1. The average molecular weight is 279 g/mol. The van der Waals surface area contributed by atoms with Crippen molar-refractivity contribution in [2.45, 2.75) is 52.7 Å². The second-order valence-electron chi connectivity index (χ2n) is 5.70. The monoisotopic (exact) mass is 279 g/mol. The molecule has 0 aliphatic rings. The molecule has 1 rings (SSSR count). The van der Waals surface area contributed by atoms with E-state index < -0.39 is 0 Å². The van der Waals surface area contributed by atoms with E-state index in [2.05, 4.69) is 49.8 Å². The smallest absolute Gasteiger partial charge is 0.137 e. The van der Waals surface area contributed by atoms with Gasteiger partial charge in [-0.05, 0) is 53.8 Å². The van der Waals surface area contributed by atoms with Crippen molar-refractivity contribution in [2.24, 2.45) is 0 Å². The molecule has 0 aromatic carbocycles. The van der Waals surface area contributed by atoms with Gasteiger partial charge in [0.05, 0.1) is 11.9 Å². The van der Waals surface area contributed by atoms with Crippen molar-refractivity contribution in [2.75, 3.05) is 20.2 Å². The molecule has 0 aliphatic heterocycles. The molecule has 114 valence electrons. The van der Waals surface area contributed by atoms with Crippen LogP contribution in [0.25, 0.3) is 0 Å². The van der Waals surface area contributed by atoms with Gasteiger partial charge in [-0.3, -0.25) is 9.88 Å². The molecular formula is C16H29N3O. The largest absolute Gasteiger partial charge is 0.491 e. The van der Waals surface area contributed by atoms with Crippen molar-refractivity contribution in [1.82, 2.24) is 15.2 Å². The summed E-state index contributed by atoms with van der Waals surface area (Å²) < 4.78 is 5.78. The quantitative estimate of drug-likeness (QED) is 0.794. The molecule has 0 saturated carbocycles. The SMILES string of the molecule is CNC(C)c1ccc(OCCN(C(C)C)C(C)C)cn1. The molecule has 0 aliphatic carbocycles. The van der Waals surface area contributed by atoms with Gasteiger partial charge in [0.2, 0.25) is 0 Å². The summed E-state index contributed by atoms with van der Waals surface area (Å²) in [6.07, 6.45) is 1.80. The summed E-state index contributed by atoms with van der Waals surface area (Å²) in [4.78, 5) is 6.84. The van der Waals surface area contributed by atoms with Gasteiger partial charge in [0, 0.05) is 24.7 Å². The van der Waals surface area contributed by atoms with Crippen LogP contribution in [0.3, 0.4) is 0 Å². The van der Waals surface area contributed by atoms with Crippen molar-refractivity contribution in [1.29, 1.82) is 0 Å². The van der Waals surface area contributed by atoms with E-state index in [0.29, 0.717) is 18.7 Å². The van der Waals surface area contributed by atoms with Gasteiger partial charge in [-0.2, -0.15) is 0 Å². The third kappa shape index (κ3) is 5.10. The molecule has 4 nitrogen and oxygen atoms in total. The number of aromatic nitrogens is 1. The van der Waals surface area contributed by atoms with Crippen LogP contribution < -0.4 is 10.1 Å². The van der Waals surface area contributed by atoms with Gasteiger partial charge in [0.25, 0.3) is 0 Å². The van der Waals surface area contributed by atoms with Gasteiger partial charge >= 0.3 is 0 Å². The van der Waals surface area contributed by atoms with Gasteiger partial charge < -0.3 is 10.1 Å². The maximum Gasteiger partial charge on any atom is 0.137 e. The predicted molar refractivity (Wildman–Crippen MR) is 84.2 cm³/mol. The molecule has 1 atom stereocenters. The van der Waals surface area contributed by atoms with Crippen LogP contribution in [0.15, 0.2) is 18.3 Å². The summed E-state index contributed by atoms with van der Waals surface area (Å²) >= 11 is 0. The molecule has 1 aromatic rings. The highest BCUT2D eigenvalue weighted by Crippen LogP contribution is 2.14. The standard InChI is InChI=1S/C16H29N3O/c1-12(2)19(13(3)4)9-10-20-15-7-8-16(18-11-15)14(5)17-6/h7-8,11-14,17H,9-10H2,1-6H3. The lowest BCUT2D eigenvalue weighted by Gasteiger charge is -2.30. The van der Waals surface area contributed by atoms with Crippen molar-refractivity contribution < 1.29 is 4.74 Å². The number of hydrogen-bond acceptors (Lipinski definition) is 4. The van der Waals surface area contributed by atoms with E-state index in [1.54, 1.807) is 6.20 Å². The Hall–Kier alpha value is -1.13. The molecule has 20 heavy (non-hydrogen) atoms. The van der Waals surface area contributed by atoms with Gasteiger partial charge in [0.15, 0.2) is 0 Å². The van der Waals surface area contributed by atoms with Crippen molar-refractivity contribution in [3.05, 3.63) is 24.0 Å². The Bertz CT molecular complexity index is 368. The molecule has 4 heteroatoms. The summed E-state index contributed by atoms with van der Waals surface area (Å²) in [6, 6.07) is 5.34. The molecule has 0 bridgehead atoms. The fourth-order valence-corrected chi connectivity index (χ4v) is 2.26. The minimum Gasteiger partial charge on any atom is -0.491 e. The zero-order valence-electron chi connectivity index (χ0n) is 13.7.